The maximum atomic E-state index is 12.0. The molecule has 0 aliphatic carbocycles. The van der Waals surface area contributed by atoms with E-state index < -0.39 is 6.36 Å². The Labute approximate surface area is 112 Å². The number of hydrogen-bond donors (Lipinski definition) is 1. The van der Waals surface area contributed by atoms with Crippen LogP contribution in [0, 0.1) is 11.3 Å². The first-order valence-corrected chi connectivity index (χ1v) is 5.45. The number of nitrogen functional groups attached to an aromatic ring is 1. The quantitative estimate of drug-likeness (QED) is 0.937. The molecular weight excluding hydrogens is 273 g/mol. The summed E-state index contributed by atoms with van der Waals surface area (Å²) in [5.41, 5.74) is 6.45. The maximum absolute atomic E-state index is 12.0. The number of nitriles is 1. The lowest BCUT2D eigenvalue weighted by atomic mass is 10.2. The van der Waals surface area contributed by atoms with Gasteiger partial charge in [0.05, 0.1) is 6.54 Å². The molecule has 5 nitrogen and oxygen atoms in total. The van der Waals surface area contributed by atoms with Gasteiger partial charge in [-0.05, 0) is 17.7 Å². The fraction of sp³-hybridized carbons (Fsp3) is 0.167. The van der Waals surface area contributed by atoms with Crippen molar-refractivity contribution in [2.75, 3.05) is 5.73 Å². The molecule has 0 radical (unpaired) electrons. The predicted octanol–water partition coefficient (Wildman–Crippen LogP) is 2.28. The third-order valence-corrected chi connectivity index (χ3v) is 2.41. The van der Waals surface area contributed by atoms with Crippen LogP contribution in [0.25, 0.3) is 0 Å². The Hall–Kier alpha value is -2.69. The molecule has 2 N–H and O–H groups in total. The van der Waals surface area contributed by atoms with Crippen molar-refractivity contribution in [3.63, 3.8) is 0 Å². The number of nitrogens with zero attached hydrogens (tertiary/aromatic N) is 3. The van der Waals surface area contributed by atoms with Crippen LogP contribution in [0.2, 0.25) is 0 Å². The standard InChI is InChI=1S/C12H9F3N4O/c13-12(14,15)20-10-3-1-8(2-4-10)6-19-7-9(5-16)11(17)18-19/h1-4,7H,6H2,(H2,17,18). The smallest absolute Gasteiger partial charge is 0.406 e. The molecule has 0 fully saturated rings. The summed E-state index contributed by atoms with van der Waals surface area (Å²) in [6.07, 6.45) is -3.24. The molecule has 0 amide bonds. The van der Waals surface area contributed by atoms with E-state index in [1.54, 1.807) is 0 Å². The number of hydrogen-bond acceptors (Lipinski definition) is 4. The summed E-state index contributed by atoms with van der Waals surface area (Å²) in [7, 11) is 0. The molecule has 0 saturated heterocycles. The Morgan fingerprint density at radius 3 is 2.45 bits per heavy atom. The maximum Gasteiger partial charge on any atom is 0.573 e. The number of nitrogens with two attached hydrogens (primary N) is 1. The van der Waals surface area contributed by atoms with E-state index in [4.69, 9.17) is 11.0 Å². The van der Waals surface area contributed by atoms with Crippen LogP contribution in [0.4, 0.5) is 19.0 Å². The zero-order valence-electron chi connectivity index (χ0n) is 10.1. The summed E-state index contributed by atoms with van der Waals surface area (Å²) in [6, 6.07) is 7.26. The van der Waals surface area contributed by atoms with E-state index in [1.807, 2.05) is 6.07 Å². The monoisotopic (exact) mass is 282 g/mol. The van der Waals surface area contributed by atoms with Crippen LogP contribution >= 0.6 is 0 Å². The Morgan fingerprint density at radius 2 is 1.95 bits per heavy atom. The topological polar surface area (TPSA) is 76.9 Å². The average molecular weight is 282 g/mol. The molecule has 0 bridgehead atoms. The number of ether oxygens (including phenoxy) is 1. The molecule has 1 heterocycles. The average Bonchev–Trinajstić information content (AvgIpc) is 2.70. The van der Waals surface area contributed by atoms with Crippen molar-refractivity contribution in [2.45, 2.75) is 12.9 Å². The first kappa shape index (κ1) is 13.7. The van der Waals surface area contributed by atoms with E-state index in [1.165, 1.54) is 35.1 Å². The van der Waals surface area contributed by atoms with Gasteiger partial charge in [0.1, 0.15) is 17.4 Å². The second-order valence-corrected chi connectivity index (χ2v) is 3.93. The summed E-state index contributed by atoms with van der Waals surface area (Å²) in [4.78, 5) is 0. The summed E-state index contributed by atoms with van der Waals surface area (Å²) < 4.78 is 41.2. The molecule has 8 heteroatoms. The van der Waals surface area contributed by atoms with Crippen molar-refractivity contribution in [1.29, 1.82) is 5.26 Å². The summed E-state index contributed by atoms with van der Waals surface area (Å²) in [5, 5.41) is 12.7. The number of aromatic nitrogens is 2. The molecule has 104 valence electrons. The fourth-order valence-electron chi connectivity index (χ4n) is 1.59. The molecule has 0 spiro atoms. The summed E-state index contributed by atoms with van der Waals surface area (Å²) >= 11 is 0. The zero-order valence-corrected chi connectivity index (χ0v) is 10.1. The molecule has 0 atom stereocenters. The minimum absolute atomic E-state index is 0.115. The van der Waals surface area contributed by atoms with Gasteiger partial charge in [-0.15, -0.1) is 13.2 Å². The van der Waals surface area contributed by atoms with E-state index in [-0.39, 0.29) is 23.7 Å². The first-order valence-electron chi connectivity index (χ1n) is 5.45. The lowest BCUT2D eigenvalue weighted by Gasteiger charge is -2.09. The van der Waals surface area contributed by atoms with Gasteiger partial charge < -0.3 is 10.5 Å². The van der Waals surface area contributed by atoms with E-state index in [0.29, 0.717) is 5.56 Å². The molecule has 0 saturated carbocycles. The van der Waals surface area contributed by atoms with E-state index in [9.17, 15) is 13.2 Å². The van der Waals surface area contributed by atoms with Gasteiger partial charge in [-0.25, -0.2) is 0 Å². The number of rotatable bonds is 3. The van der Waals surface area contributed by atoms with Crippen molar-refractivity contribution < 1.29 is 17.9 Å². The zero-order chi connectivity index (χ0) is 14.8. The van der Waals surface area contributed by atoms with Gasteiger partial charge in [0.25, 0.3) is 0 Å². The van der Waals surface area contributed by atoms with Crippen LogP contribution in [0.15, 0.2) is 30.5 Å². The lowest BCUT2D eigenvalue weighted by molar-refractivity contribution is -0.274. The molecule has 0 aliphatic rings. The molecule has 0 unspecified atom stereocenters. The van der Waals surface area contributed by atoms with Crippen LogP contribution < -0.4 is 10.5 Å². The van der Waals surface area contributed by atoms with Gasteiger partial charge in [-0.3, -0.25) is 4.68 Å². The van der Waals surface area contributed by atoms with E-state index in [0.717, 1.165) is 0 Å². The second-order valence-electron chi connectivity index (χ2n) is 3.93. The van der Waals surface area contributed by atoms with Crippen LogP contribution in [0.3, 0.4) is 0 Å². The normalized spacial score (nSPS) is 11.1. The number of alkyl halides is 3. The molecule has 2 aromatic rings. The minimum atomic E-state index is -4.71. The van der Waals surface area contributed by atoms with E-state index >= 15 is 0 Å². The van der Waals surface area contributed by atoms with Crippen LogP contribution in [0.5, 0.6) is 5.75 Å². The number of halogens is 3. The van der Waals surface area contributed by atoms with Crippen molar-refractivity contribution >= 4 is 5.82 Å². The third-order valence-electron chi connectivity index (χ3n) is 2.41. The van der Waals surface area contributed by atoms with Crippen molar-refractivity contribution in [3.8, 4) is 11.8 Å². The Balaban J connectivity index is 2.09. The minimum Gasteiger partial charge on any atom is -0.406 e. The van der Waals surface area contributed by atoms with Gasteiger partial charge in [0, 0.05) is 6.20 Å². The summed E-state index contributed by atoms with van der Waals surface area (Å²) in [5.74, 6) is -0.177. The highest BCUT2D eigenvalue weighted by Gasteiger charge is 2.30. The van der Waals surface area contributed by atoms with E-state index in [2.05, 4.69) is 9.84 Å². The molecule has 0 aliphatic heterocycles. The highest BCUT2D eigenvalue weighted by atomic mass is 19.4. The number of benzene rings is 1. The van der Waals surface area contributed by atoms with Gasteiger partial charge in [0.2, 0.25) is 0 Å². The highest BCUT2D eigenvalue weighted by molar-refractivity contribution is 5.46. The molecule has 2 rings (SSSR count). The largest absolute Gasteiger partial charge is 0.573 e. The third kappa shape index (κ3) is 3.41. The van der Waals surface area contributed by atoms with Crippen LogP contribution in [-0.2, 0) is 6.54 Å². The Morgan fingerprint density at radius 1 is 1.30 bits per heavy atom. The molecule has 20 heavy (non-hydrogen) atoms. The fourth-order valence-corrected chi connectivity index (χ4v) is 1.59. The van der Waals surface area contributed by atoms with Crippen LogP contribution in [-0.4, -0.2) is 16.1 Å². The predicted molar refractivity (Wildman–Crippen MR) is 63.6 cm³/mol. The second kappa shape index (κ2) is 5.13. The van der Waals surface area contributed by atoms with Crippen molar-refractivity contribution in [1.82, 2.24) is 9.78 Å². The molecule has 1 aromatic heterocycles. The van der Waals surface area contributed by atoms with Gasteiger partial charge in [0.15, 0.2) is 5.82 Å². The van der Waals surface area contributed by atoms with Gasteiger partial charge >= 0.3 is 6.36 Å². The Bertz CT molecular complexity index is 640. The van der Waals surface area contributed by atoms with Crippen molar-refractivity contribution in [3.05, 3.63) is 41.6 Å². The summed E-state index contributed by atoms with van der Waals surface area (Å²) in [6.45, 7) is 0.290. The molecule has 1 aromatic carbocycles. The molecular formula is C12H9F3N4O. The van der Waals surface area contributed by atoms with Gasteiger partial charge in [-0.2, -0.15) is 10.4 Å². The Kier molecular flexibility index (Phi) is 3.52. The highest BCUT2D eigenvalue weighted by Crippen LogP contribution is 2.23. The van der Waals surface area contributed by atoms with Crippen LogP contribution in [0.1, 0.15) is 11.1 Å². The lowest BCUT2D eigenvalue weighted by Crippen LogP contribution is -2.17. The number of anilines is 1. The first-order chi connectivity index (χ1) is 9.37. The van der Waals surface area contributed by atoms with Gasteiger partial charge in [-0.1, -0.05) is 12.1 Å². The SMILES string of the molecule is N#Cc1cn(Cc2ccc(OC(F)(F)F)cc2)nc1N. The van der Waals surface area contributed by atoms with Crippen molar-refractivity contribution in [2.24, 2.45) is 0 Å².